The van der Waals surface area contributed by atoms with Gasteiger partial charge in [0.2, 0.25) is 0 Å². The van der Waals surface area contributed by atoms with Gasteiger partial charge in [-0.05, 0) is 50.8 Å². The summed E-state index contributed by atoms with van der Waals surface area (Å²) in [5.41, 5.74) is 3.24. The number of rotatable bonds is 6. The van der Waals surface area contributed by atoms with Gasteiger partial charge in [-0.3, -0.25) is 0 Å². The van der Waals surface area contributed by atoms with Crippen LogP contribution in [0.25, 0.3) is 0 Å². The van der Waals surface area contributed by atoms with Crippen LogP contribution in [0.4, 0.5) is 0 Å². The summed E-state index contributed by atoms with van der Waals surface area (Å²) >= 11 is 0. The predicted molar refractivity (Wildman–Crippen MR) is 91.5 cm³/mol. The van der Waals surface area contributed by atoms with Gasteiger partial charge in [-0.25, -0.2) is 0 Å². The van der Waals surface area contributed by atoms with Crippen LogP contribution in [0.15, 0.2) is 24.3 Å². The Balaban J connectivity index is 1.94. The summed E-state index contributed by atoms with van der Waals surface area (Å²) < 4.78 is 0. The summed E-state index contributed by atoms with van der Waals surface area (Å²) in [5, 5.41) is 3.44. The number of benzene rings is 1. The first-order valence-electron chi connectivity index (χ1n) is 8.42. The summed E-state index contributed by atoms with van der Waals surface area (Å²) in [6.45, 7) is 7.96. The zero-order valence-electron chi connectivity index (χ0n) is 14.3. The van der Waals surface area contributed by atoms with Crippen molar-refractivity contribution in [1.82, 2.24) is 10.2 Å². The highest BCUT2D eigenvalue weighted by atomic mass is 15.1. The van der Waals surface area contributed by atoms with Crippen molar-refractivity contribution in [2.75, 3.05) is 27.2 Å². The lowest BCUT2D eigenvalue weighted by Crippen LogP contribution is -2.44. The highest BCUT2D eigenvalue weighted by Gasteiger charge is 2.34. The molecule has 0 aliphatic heterocycles. The van der Waals surface area contributed by atoms with Crippen molar-refractivity contribution in [1.29, 1.82) is 0 Å². The standard InChI is InChI=1S/C19H32N2/c1-16-5-7-18(8-6-16)13-21(4)15-19(14-20-3)11-9-17(2)10-12-19/h5-8,17,20H,9-15H2,1-4H3. The lowest BCUT2D eigenvalue weighted by molar-refractivity contribution is 0.0979. The first-order valence-corrected chi connectivity index (χ1v) is 8.42. The molecule has 2 rings (SSSR count). The molecule has 0 bridgehead atoms. The number of hydrogen-bond acceptors (Lipinski definition) is 2. The quantitative estimate of drug-likeness (QED) is 0.855. The molecule has 118 valence electrons. The van der Waals surface area contributed by atoms with Crippen molar-refractivity contribution in [3.8, 4) is 0 Å². The maximum atomic E-state index is 3.44. The first-order chi connectivity index (χ1) is 10.0. The van der Waals surface area contributed by atoms with Gasteiger partial charge in [0.25, 0.3) is 0 Å². The maximum absolute atomic E-state index is 3.44. The minimum Gasteiger partial charge on any atom is -0.319 e. The molecular formula is C19H32N2. The van der Waals surface area contributed by atoms with Crippen molar-refractivity contribution in [3.05, 3.63) is 35.4 Å². The molecule has 0 saturated heterocycles. The molecule has 2 nitrogen and oxygen atoms in total. The molecule has 0 amide bonds. The average molecular weight is 288 g/mol. The van der Waals surface area contributed by atoms with E-state index in [2.05, 4.69) is 62.4 Å². The molecule has 1 aliphatic carbocycles. The average Bonchev–Trinajstić information content (AvgIpc) is 2.45. The van der Waals surface area contributed by atoms with E-state index in [1.807, 2.05) is 0 Å². The molecule has 1 N–H and O–H groups in total. The topological polar surface area (TPSA) is 15.3 Å². The van der Waals surface area contributed by atoms with E-state index in [0.29, 0.717) is 5.41 Å². The molecule has 1 fully saturated rings. The number of aryl methyl sites for hydroxylation is 1. The molecule has 21 heavy (non-hydrogen) atoms. The van der Waals surface area contributed by atoms with Crippen molar-refractivity contribution < 1.29 is 0 Å². The molecule has 0 spiro atoms. The molecule has 0 aromatic heterocycles. The minimum absolute atomic E-state index is 0.473. The van der Waals surface area contributed by atoms with Crippen molar-refractivity contribution >= 4 is 0 Å². The second-order valence-corrected chi connectivity index (χ2v) is 7.37. The van der Waals surface area contributed by atoms with Gasteiger partial charge in [0.05, 0.1) is 0 Å². The fourth-order valence-corrected chi connectivity index (χ4v) is 3.77. The molecular weight excluding hydrogens is 256 g/mol. The SMILES string of the molecule is CNCC1(CN(C)Cc2ccc(C)cc2)CCC(C)CC1. The van der Waals surface area contributed by atoms with Crippen molar-refractivity contribution in [2.24, 2.45) is 11.3 Å². The molecule has 2 heteroatoms. The third kappa shape index (κ3) is 4.82. The van der Waals surface area contributed by atoms with Gasteiger partial charge in [0.1, 0.15) is 0 Å². The van der Waals surface area contributed by atoms with Crippen LogP contribution in [-0.4, -0.2) is 32.1 Å². The van der Waals surface area contributed by atoms with E-state index >= 15 is 0 Å². The molecule has 0 heterocycles. The largest absolute Gasteiger partial charge is 0.319 e. The van der Waals surface area contributed by atoms with E-state index in [-0.39, 0.29) is 0 Å². The van der Waals surface area contributed by atoms with Gasteiger partial charge < -0.3 is 10.2 Å². The number of hydrogen-bond donors (Lipinski definition) is 1. The second kappa shape index (κ2) is 7.42. The summed E-state index contributed by atoms with van der Waals surface area (Å²) in [6, 6.07) is 8.96. The Labute approximate surface area is 130 Å². The van der Waals surface area contributed by atoms with Crippen LogP contribution < -0.4 is 5.32 Å². The van der Waals surface area contributed by atoms with Crippen LogP contribution in [0.5, 0.6) is 0 Å². The summed E-state index contributed by atoms with van der Waals surface area (Å²) in [4.78, 5) is 2.51. The number of nitrogens with one attached hydrogen (secondary N) is 1. The zero-order valence-corrected chi connectivity index (χ0v) is 14.3. The summed E-state index contributed by atoms with van der Waals surface area (Å²) in [7, 11) is 4.37. The van der Waals surface area contributed by atoms with Crippen LogP contribution in [0.2, 0.25) is 0 Å². The summed E-state index contributed by atoms with van der Waals surface area (Å²) in [6.07, 6.45) is 5.51. The molecule has 0 atom stereocenters. The fraction of sp³-hybridized carbons (Fsp3) is 0.684. The van der Waals surface area contributed by atoms with E-state index in [1.165, 1.54) is 43.4 Å². The molecule has 0 unspecified atom stereocenters. The lowest BCUT2D eigenvalue weighted by atomic mass is 9.70. The second-order valence-electron chi connectivity index (χ2n) is 7.37. The van der Waals surface area contributed by atoms with E-state index in [9.17, 15) is 0 Å². The Morgan fingerprint density at radius 1 is 1.19 bits per heavy atom. The Kier molecular flexibility index (Phi) is 5.83. The van der Waals surface area contributed by atoms with Crippen LogP contribution >= 0.6 is 0 Å². The lowest BCUT2D eigenvalue weighted by Gasteiger charge is -2.42. The third-order valence-electron chi connectivity index (χ3n) is 5.07. The smallest absolute Gasteiger partial charge is 0.0230 e. The predicted octanol–water partition coefficient (Wildman–Crippen LogP) is 3.84. The van der Waals surface area contributed by atoms with Gasteiger partial charge in [-0.1, -0.05) is 49.6 Å². The molecule has 1 saturated carbocycles. The molecule has 1 aromatic rings. The molecule has 1 aliphatic rings. The van der Waals surface area contributed by atoms with Crippen molar-refractivity contribution in [2.45, 2.75) is 46.1 Å². The Bertz CT molecular complexity index is 416. The zero-order chi connectivity index (χ0) is 15.3. The fourth-order valence-electron chi connectivity index (χ4n) is 3.77. The Morgan fingerprint density at radius 3 is 2.38 bits per heavy atom. The highest BCUT2D eigenvalue weighted by molar-refractivity contribution is 5.21. The van der Waals surface area contributed by atoms with Crippen LogP contribution in [0.3, 0.4) is 0 Å². The van der Waals surface area contributed by atoms with Gasteiger partial charge in [-0.2, -0.15) is 0 Å². The Morgan fingerprint density at radius 2 is 1.81 bits per heavy atom. The van der Waals surface area contributed by atoms with Crippen LogP contribution in [0.1, 0.15) is 43.7 Å². The highest BCUT2D eigenvalue weighted by Crippen LogP contribution is 2.39. The minimum atomic E-state index is 0.473. The van der Waals surface area contributed by atoms with Gasteiger partial charge in [0.15, 0.2) is 0 Å². The van der Waals surface area contributed by atoms with E-state index < -0.39 is 0 Å². The van der Waals surface area contributed by atoms with Gasteiger partial charge in [-0.15, -0.1) is 0 Å². The normalized spacial score (nSPS) is 26.2. The first kappa shape index (κ1) is 16.5. The van der Waals surface area contributed by atoms with Crippen LogP contribution in [0, 0.1) is 18.3 Å². The van der Waals surface area contributed by atoms with Gasteiger partial charge >= 0.3 is 0 Å². The number of nitrogens with zero attached hydrogens (tertiary/aromatic N) is 1. The van der Waals surface area contributed by atoms with Crippen LogP contribution in [-0.2, 0) is 6.54 Å². The van der Waals surface area contributed by atoms with Gasteiger partial charge in [0, 0.05) is 19.6 Å². The monoisotopic (exact) mass is 288 g/mol. The summed E-state index contributed by atoms with van der Waals surface area (Å²) in [5.74, 6) is 0.914. The van der Waals surface area contributed by atoms with Crippen molar-refractivity contribution in [3.63, 3.8) is 0 Å². The Hall–Kier alpha value is -0.860. The molecule has 1 aromatic carbocycles. The van der Waals surface area contributed by atoms with E-state index in [4.69, 9.17) is 0 Å². The van der Waals surface area contributed by atoms with E-state index in [0.717, 1.165) is 19.0 Å². The maximum Gasteiger partial charge on any atom is 0.0230 e. The third-order valence-corrected chi connectivity index (χ3v) is 5.07. The molecule has 0 radical (unpaired) electrons. The van der Waals surface area contributed by atoms with E-state index in [1.54, 1.807) is 0 Å².